The SMILES string of the molecule is CC(=O)c1ccc(OC[C@@H](O)CN2CCN(S(=O)(=O)c3ccc(F)c(F)c3)CC2)cc1. The van der Waals surface area contributed by atoms with Gasteiger partial charge in [-0.15, -0.1) is 0 Å². The fraction of sp³-hybridized carbons (Fsp3) is 0.381. The van der Waals surface area contributed by atoms with Crippen LogP contribution in [0.2, 0.25) is 0 Å². The van der Waals surface area contributed by atoms with Gasteiger partial charge in [-0.25, -0.2) is 17.2 Å². The Morgan fingerprint density at radius 1 is 1.06 bits per heavy atom. The average molecular weight is 454 g/mol. The van der Waals surface area contributed by atoms with Crippen molar-refractivity contribution in [2.24, 2.45) is 0 Å². The van der Waals surface area contributed by atoms with Crippen LogP contribution in [0.25, 0.3) is 0 Å². The molecule has 31 heavy (non-hydrogen) atoms. The highest BCUT2D eigenvalue weighted by Gasteiger charge is 2.29. The lowest BCUT2D eigenvalue weighted by molar-refractivity contribution is 0.0569. The van der Waals surface area contributed by atoms with Crippen molar-refractivity contribution in [1.29, 1.82) is 0 Å². The highest BCUT2D eigenvalue weighted by Crippen LogP contribution is 2.20. The molecule has 0 radical (unpaired) electrons. The van der Waals surface area contributed by atoms with Crippen LogP contribution in [-0.2, 0) is 10.0 Å². The fourth-order valence-corrected chi connectivity index (χ4v) is 4.70. The van der Waals surface area contributed by atoms with Gasteiger partial charge in [-0.05, 0) is 49.4 Å². The number of nitrogens with zero attached hydrogens (tertiary/aromatic N) is 2. The smallest absolute Gasteiger partial charge is 0.243 e. The normalized spacial score (nSPS) is 16.8. The van der Waals surface area contributed by atoms with Crippen molar-refractivity contribution in [3.63, 3.8) is 0 Å². The van der Waals surface area contributed by atoms with Gasteiger partial charge in [0.25, 0.3) is 0 Å². The molecule has 7 nitrogen and oxygen atoms in total. The van der Waals surface area contributed by atoms with Crippen LogP contribution in [0, 0.1) is 11.6 Å². The Morgan fingerprint density at radius 2 is 1.71 bits per heavy atom. The third-order valence-electron chi connectivity index (χ3n) is 5.03. The van der Waals surface area contributed by atoms with E-state index in [4.69, 9.17) is 4.74 Å². The number of carbonyl (C=O) groups is 1. The number of ether oxygens (including phenoxy) is 1. The summed E-state index contributed by atoms with van der Waals surface area (Å²) in [7, 11) is -3.92. The van der Waals surface area contributed by atoms with Gasteiger partial charge in [-0.3, -0.25) is 9.69 Å². The van der Waals surface area contributed by atoms with E-state index in [1.807, 2.05) is 4.90 Å². The number of halogens is 2. The van der Waals surface area contributed by atoms with Crippen molar-refractivity contribution in [3.8, 4) is 5.75 Å². The number of hydrogen-bond donors (Lipinski definition) is 1. The summed E-state index contributed by atoms with van der Waals surface area (Å²) in [5.74, 6) is -1.82. The summed E-state index contributed by atoms with van der Waals surface area (Å²) in [5.41, 5.74) is 0.573. The van der Waals surface area contributed by atoms with Crippen molar-refractivity contribution in [2.75, 3.05) is 39.3 Å². The molecule has 1 aliphatic heterocycles. The lowest BCUT2D eigenvalue weighted by atomic mass is 10.1. The standard InChI is InChI=1S/C21H24F2N2O5S/c1-15(26)16-2-4-18(5-3-16)30-14-17(27)13-24-8-10-25(11-9-24)31(28,29)19-6-7-20(22)21(23)12-19/h2-7,12,17,27H,8-11,13-14H2,1H3/t17-/m0/s1. The lowest BCUT2D eigenvalue weighted by Gasteiger charge is -2.34. The van der Waals surface area contributed by atoms with Crippen LogP contribution in [-0.4, -0.2) is 73.9 Å². The predicted octanol–water partition coefficient (Wildman–Crippen LogP) is 1.91. The van der Waals surface area contributed by atoms with Crippen LogP contribution in [0.4, 0.5) is 8.78 Å². The maximum absolute atomic E-state index is 13.4. The van der Waals surface area contributed by atoms with Crippen LogP contribution in [0.15, 0.2) is 47.4 Å². The second kappa shape index (κ2) is 9.82. The summed E-state index contributed by atoms with van der Waals surface area (Å²) in [4.78, 5) is 12.9. The molecule has 0 amide bonds. The summed E-state index contributed by atoms with van der Waals surface area (Å²) in [6.45, 7) is 2.92. The zero-order valence-electron chi connectivity index (χ0n) is 17.0. The molecular formula is C21H24F2N2O5S. The van der Waals surface area contributed by atoms with Crippen molar-refractivity contribution < 1.29 is 31.8 Å². The van der Waals surface area contributed by atoms with Crippen LogP contribution >= 0.6 is 0 Å². The number of ketones is 1. The minimum atomic E-state index is -3.92. The summed E-state index contributed by atoms with van der Waals surface area (Å²) in [6, 6.07) is 9.14. The van der Waals surface area contributed by atoms with Crippen molar-refractivity contribution in [1.82, 2.24) is 9.21 Å². The van der Waals surface area contributed by atoms with E-state index in [1.165, 1.54) is 11.2 Å². The number of Topliss-reactive ketones (excluding diaryl/α,β-unsaturated/α-hetero) is 1. The first-order valence-electron chi connectivity index (χ1n) is 9.76. The number of rotatable bonds is 8. The topological polar surface area (TPSA) is 87.2 Å². The second-order valence-corrected chi connectivity index (χ2v) is 9.26. The molecule has 0 saturated carbocycles. The minimum Gasteiger partial charge on any atom is -0.491 e. The van der Waals surface area contributed by atoms with Gasteiger partial charge in [-0.1, -0.05) is 0 Å². The average Bonchev–Trinajstić information content (AvgIpc) is 2.75. The molecule has 1 saturated heterocycles. The molecule has 3 rings (SSSR count). The Hall–Kier alpha value is -2.40. The number of sulfonamides is 1. The molecule has 1 fully saturated rings. The third kappa shape index (κ3) is 5.85. The first-order valence-corrected chi connectivity index (χ1v) is 11.2. The van der Waals surface area contributed by atoms with E-state index < -0.39 is 27.8 Å². The number of hydrogen-bond acceptors (Lipinski definition) is 6. The molecule has 1 aliphatic rings. The molecule has 2 aromatic carbocycles. The van der Waals surface area contributed by atoms with E-state index in [0.717, 1.165) is 12.1 Å². The van der Waals surface area contributed by atoms with Crippen molar-refractivity contribution >= 4 is 15.8 Å². The highest BCUT2D eigenvalue weighted by atomic mass is 32.2. The molecule has 1 heterocycles. The van der Waals surface area contributed by atoms with E-state index in [9.17, 15) is 27.1 Å². The highest BCUT2D eigenvalue weighted by molar-refractivity contribution is 7.89. The summed E-state index contributed by atoms with van der Waals surface area (Å²) in [6.07, 6.45) is -0.790. The van der Waals surface area contributed by atoms with E-state index >= 15 is 0 Å². The monoisotopic (exact) mass is 454 g/mol. The number of piperazine rings is 1. The number of aliphatic hydroxyl groups excluding tert-OH is 1. The quantitative estimate of drug-likeness (QED) is 0.614. The molecule has 0 spiro atoms. The van der Waals surface area contributed by atoms with Crippen molar-refractivity contribution in [2.45, 2.75) is 17.9 Å². The molecule has 168 valence electrons. The van der Waals surface area contributed by atoms with E-state index in [0.29, 0.717) is 37.0 Å². The summed E-state index contributed by atoms with van der Waals surface area (Å²) >= 11 is 0. The Balaban J connectivity index is 1.48. The largest absolute Gasteiger partial charge is 0.491 e. The molecule has 10 heteroatoms. The Morgan fingerprint density at radius 3 is 2.29 bits per heavy atom. The Bertz CT molecular complexity index is 1020. The Kier molecular flexibility index (Phi) is 7.37. The first kappa shape index (κ1) is 23.3. The van der Waals surface area contributed by atoms with Gasteiger partial charge in [0.15, 0.2) is 17.4 Å². The van der Waals surface area contributed by atoms with Gasteiger partial charge in [0.05, 0.1) is 4.90 Å². The van der Waals surface area contributed by atoms with Crippen LogP contribution < -0.4 is 4.74 Å². The van der Waals surface area contributed by atoms with Gasteiger partial charge in [-0.2, -0.15) is 4.31 Å². The lowest BCUT2D eigenvalue weighted by Crippen LogP contribution is -2.50. The van der Waals surface area contributed by atoms with Gasteiger partial charge in [0.2, 0.25) is 10.0 Å². The van der Waals surface area contributed by atoms with E-state index in [1.54, 1.807) is 24.3 Å². The van der Waals surface area contributed by atoms with Gasteiger partial charge < -0.3 is 9.84 Å². The summed E-state index contributed by atoms with van der Waals surface area (Å²) < 4.78 is 58.5. The maximum atomic E-state index is 13.4. The predicted molar refractivity (Wildman–Crippen MR) is 110 cm³/mol. The molecule has 0 unspecified atom stereocenters. The molecule has 0 aromatic heterocycles. The van der Waals surface area contributed by atoms with Gasteiger partial charge >= 0.3 is 0 Å². The second-order valence-electron chi connectivity index (χ2n) is 7.33. The molecule has 0 aliphatic carbocycles. The third-order valence-corrected chi connectivity index (χ3v) is 6.93. The van der Waals surface area contributed by atoms with Crippen LogP contribution in [0.1, 0.15) is 17.3 Å². The zero-order chi connectivity index (χ0) is 22.6. The number of β-amino-alcohol motifs (C(OH)–C–C–N with tert-alkyl or cyclic N) is 1. The minimum absolute atomic E-state index is 0.0442. The van der Waals surface area contributed by atoms with E-state index in [-0.39, 0.29) is 30.4 Å². The molecular weight excluding hydrogens is 430 g/mol. The van der Waals surface area contributed by atoms with Crippen LogP contribution in [0.5, 0.6) is 5.75 Å². The first-order chi connectivity index (χ1) is 14.7. The fourth-order valence-electron chi connectivity index (χ4n) is 3.27. The Labute approximate surface area is 179 Å². The molecule has 2 aromatic rings. The number of benzene rings is 2. The molecule has 1 N–H and O–H groups in total. The van der Waals surface area contributed by atoms with Crippen LogP contribution in [0.3, 0.4) is 0 Å². The maximum Gasteiger partial charge on any atom is 0.243 e. The van der Waals surface area contributed by atoms with Crippen molar-refractivity contribution in [3.05, 3.63) is 59.7 Å². The zero-order valence-corrected chi connectivity index (χ0v) is 17.8. The van der Waals surface area contributed by atoms with Gasteiger partial charge in [0, 0.05) is 38.3 Å². The number of aliphatic hydroxyl groups is 1. The van der Waals surface area contributed by atoms with E-state index in [2.05, 4.69) is 0 Å². The number of carbonyl (C=O) groups excluding carboxylic acids is 1. The van der Waals surface area contributed by atoms with Gasteiger partial charge in [0.1, 0.15) is 18.5 Å². The summed E-state index contributed by atoms with van der Waals surface area (Å²) in [5, 5.41) is 10.2. The molecule has 0 bridgehead atoms. The molecule has 1 atom stereocenters.